The Labute approximate surface area is 151 Å². The minimum atomic E-state index is -0.387. The molecule has 1 aromatic carbocycles. The molecular formula is C20H22N2O4. The van der Waals surface area contributed by atoms with Gasteiger partial charge < -0.3 is 15.0 Å². The molecule has 1 aliphatic carbocycles. The number of hydrogen-bond acceptors (Lipinski definition) is 4. The molecule has 6 heteroatoms. The number of aromatic amines is 1. The van der Waals surface area contributed by atoms with Crippen LogP contribution >= 0.6 is 0 Å². The van der Waals surface area contributed by atoms with E-state index in [0.29, 0.717) is 22.6 Å². The quantitative estimate of drug-likeness (QED) is 0.806. The van der Waals surface area contributed by atoms with Crippen LogP contribution in [0.2, 0.25) is 0 Å². The van der Waals surface area contributed by atoms with Crippen LogP contribution in [0.15, 0.2) is 41.3 Å². The summed E-state index contributed by atoms with van der Waals surface area (Å²) in [5, 5.41) is 2.76. The molecule has 0 radical (unpaired) electrons. The molecule has 6 nitrogen and oxygen atoms in total. The first-order valence-corrected chi connectivity index (χ1v) is 8.81. The lowest BCUT2D eigenvalue weighted by molar-refractivity contribution is 0.0889. The summed E-state index contributed by atoms with van der Waals surface area (Å²) < 4.78 is 5.30. The fourth-order valence-electron chi connectivity index (χ4n) is 3.31. The Morgan fingerprint density at radius 1 is 1.08 bits per heavy atom. The molecule has 1 amide bonds. The van der Waals surface area contributed by atoms with E-state index in [1.165, 1.54) is 31.9 Å². The molecule has 0 spiro atoms. The van der Waals surface area contributed by atoms with Crippen molar-refractivity contribution < 1.29 is 14.3 Å². The Bertz CT molecular complexity index is 846. The molecule has 1 fully saturated rings. The number of anilines is 1. The van der Waals surface area contributed by atoms with E-state index in [9.17, 15) is 14.4 Å². The van der Waals surface area contributed by atoms with Gasteiger partial charge in [-0.25, -0.2) is 0 Å². The zero-order chi connectivity index (χ0) is 18.5. The summed E-state index contributed by atoms with van der Waals surface area (Å²) in [5.41, 5.74) is 1.05. The van der Waals surface area contributed by atoms with Crippen molar-refractivity contribution in [3.63, 3.8) is 0 Å². The summed E-state index contributed by atoms with van der Waals surface area (Å²) in [7, 11) is 1.51. The minimum Gasteiger partial charge on any atom is -0.495 e. The smallest absolute Gasteiger partial charge is 0.257 e. The number of carbonyl (C=O) groups is 2. The van der Waals surface area contributed by atoms with Crippen molar-refractivity contribution in [1.82, 2.24) is 4.98 Å². The van der Waals surface area contributed by atoms with Crippen LogP contribution in [-0.2, 0) is 0 Å². The fourth-order valence-corrected chi connectivity index (χ4v) is 3.31. The zero-order valence-electron chi connectivity index (χ0n) is 14.7. The average molecular weight is 354 g/mol. The Morgan fingerprint density at radius 2 is 1.81 bits per heavy atom. The van der Waals surface area contributed by atoms with Gasteiger partial charge in [-0.15, -0.1) is 0 Å². The Balaban J connectivity index is 1.83. The van der Waals surface area contributed by atoms with Gasteiger partial charge in [0.25, 0.3) is 5.91 Å². The number of ether oxygens (including phenoxy) is 1. The second kappa shape index (κ2) is 7.99. The molecule has 0 atom stereocenters. The maximum absolute atomic E-state index is 12.8. The highest BCUT2D eigenvalue weighted by Gasteiger charge is 2.23. The molecule has 0 saturated heterocycles. The molecule has 2 aromatic rings. The molecule has 0 aliphatic heterocycles. The number of aromatic nitrogens is 1. The predicted octanol–water partition coefficient (Wildman–Crippen LogP) is 3.40. The number of methoxy groups -OCH3 is 1. The van der Waals surface area contributed by atoms with Crippen molar-refractivity contribution in [2.75, 3.05) is 12.4 Å². The van der Waals surface area contributed by atoms with Gasteiger partial charge in [0, 0.05) is 23.7 Å². The second-order valence-electron chi connectivity index (χ2n) is 6.51. The zero-order valence-corrected chi connectivity index (χ0v) is 14.7. The van der Waals surface area contributed by atoms with Crippen molar-refractivity contribution >= 4 is 17.4 Å². The first kappa shape index (κ1) is 17.9. The van der Waals surface area contributed by atoms with Gasteiger partial charge in [-0.05, 0) is 37.1 Å². The maximum Gasteiger partial charge on any atom is 0.257 e. The van der Waals surface area contributed by atoms with E-state index < -0.39 is 0 Å². The van der Waals surface area contributed by atoms with Gasteiger partial charge in [0.15, 0.2) is 5.78 Å². The van der Waals surface area contributed by atoms with Crippen molar-refractivity contribution in [1.29, 1.82) is 0 Å². The third-order valence-corrected chi connectivity index (χ3v) is 4.75. The number of amides is 1. The SMILES string of the molecule is COc1ccc(C(=O)C2CCCCC2)cc1NC(=O)c1ccc(=O)[nH]c1. The average Bonchev–Trinajstić information content (AvgIpc) is 2.68. The van der Waals surface area contributed by atoms with Crippen LogP contribution in [0.1, 0.15) is 52.8 Å². The highest BCUT2D eigenvalue weighted by atomic mass is 16.5. The summed E-state index contributed by atoms with van der Waals surface area (Å²) in [4.78, 5) is 38.7. The van der Waals surface area contributed by atoms with Crippen LogP contribution in [0.3, 0.4) is 0 Å². The number of carbonyl (C=O) groups excluding carboxylic acids is 2. The number of rotatable bonds is 5. The molecule has 136 valence electrons. The van der Waals surface area contributed by atoms with Crippen LogP contribution in [0.4, 0.5) is 5.69 Å². The standard InChI is InChI=1S/C20H22N2O4/c1-26-17-9-7-14(19(24)13-5-3-2-4-6-13)11-16(17)22-20(25)15-8-10-18(23)21-12-15/h7-13H,2-6H2,1H3,(H,21,23)(H,22,25). The minimum absolute atomic E-state index is 0.0555. The highest BCUT2D eigenvalue weighted by Crippen LogP contribution is 2.31. The third-order valence-electron chi connectivity index (χ3n) is 4.75. The summed E-state index contributed by atoms with van der Waals surface area (Å²) in [6.45, 7) is 0. The fraction of sp³-hybridized carbons (Fsp3) is 0.350. The number of pyridine rings is 1. The van der Waals surface area contributed by atoms with Gasteiger partial charge in [0.05, 0.1) is 18.4 Å². The summed E-state index contributed by atoms with van der Waals surface area (Å²) in [6.07, 6.45) is 6.55. The number of hydrogen-bond donors (Lipinski definition) is 2. The van der Waals surface area contributed by atoms with Crippen LogP contribution < -0.4 is 15.6 Å². The molecule has 1 saturated carbocycles. The van der Waals surface area contributed by atoms with E-state index >= 15 is 0 Å². The van der Waals surface area contributed by atoms with E-state index in [0.717, 1.165) is 25.7 Å². The predicted molar refractivity (Wildman–Crippen MR) is 98.9 cm³/mol. The maximum atomic E-state index is 12.8. The first-order chi connectivity index (χ1) is 12.6. The van der Waals surface area contributed by atoms with Crippen molar-refractivity contribution in [2.45, 2.75) is 32.1 Å². The molecule has 1 aromatic heterocycles. The van der Waals surface area contributed by atoms with Crippen molar-refractivity contribution in [3.05, 3.63) is 58.0 Å². The molecule has 26 heavy (non-hydrogen) atoms. The van der Waals surface area contributed by atoms with E-state index in [2.05, 4.69) is 10.3 Å². The Hall–Kier alpha value is -2.89. The van der Waals surface area contributed by atoms with E-state index in [1.807, 2.05) is 0 Å². The lowest BCUT2D eigenvalue weighted by atomic mass is 9.84. The van der Waals surface area contributed by atoms with Gasteiger partial charge in [-0.1, -0.05) is 19.3 Å². The highest BCUT2D eigenvalue weighted by molar-refractivity contribution is 6.06. The normalized spacial score (nSPS) is 14.7. The molecule has 1 heterocycles. The number of benzene rings is 1. The summed E-state index contributed by atoms with van der Waals surface area (Å²) >= 11 is 0. The molecular weight excluding hydrogens is 332 g/mol. The van der Waals surface area contributed by atoms with E-state index in [-0.39, 0.29) is 23.2 Å². The first-order valence-electron chi connectivity index (χ1n) is 8.81. The van der Waals surface area contributed by atoms with Gasteiger partial charge >= 0.3 is 0 Å². The molecule has 0 bridgehead atoms. The van der Waals surface area contributed by atoms with E-state index in [4.69, 9.17) is 4.74 Å². The molecule has 2 N–H and O–H groups in total. The van der Waals surface area contributed by atoms with Gasteiger partial charge in [0.1, 0.15) is 5.75 Å². The topological polar surface area (TPSA) is 88.3 Å². The van der Waals surface area contributed by atoms with Gasteiger partial charge in [0.2, 0.25) is 5.56 Å². The van der Waals surface area contributed by atoms with Crippen molar-refractivity contribution in [3.8, 4) is 5.75 Å². The largest absolute Gasteiger partial charge is 0.495 e. The van der Waals surface area contributed by atoms with Crippen LogP contribution in [-0.4, -0.2) is 23.8 Å². The van der Waals surface area contributed by atoms with Crippen LogP contribution in [0.25, 0.3) is 0 Å². The molecule has 0 unspecified atom stereocenters. The van der Waals surface area contributed by atoms with Crippen LogP contribution in [0, 0.1) is 5.92 Å². The summed E-state index contributed by atoms with van der Waals surface area (Å²) in [6, 6.07) is 7.83. The number of H-pyrrole nitrogens is 1. The third kappa shape index (κ3) is 4.02. The number of ketones is 1. The molecule has 1 aliphatic rings. The monoisotopic (exact) mass is 354 g/mol. The Morgan fingerprint density at radius 3 is 2.46 bits per heavy atom. The van der Waals surface area contributed by atoms with Gasteiger partial charge in [-0.2, -0.15) is 0 Å². The number of nitrogens with one attached hydrogen (secondary N) is 2. The number of Topliss-reactive ketones (excluding diaryl/α,β-unsaturated/α-hetero) is 1. The Kier molecular flexibility index (Phi) is 5.51. The molecule has 3 rings (SSSR count). The summed E-state index contributed by atoms with van der Waals surface area (Å²) in [5.74, 6) is 0.261. The van der Waals surface area contributed by atoms with Crippen LogP contribution in [0.5, 0.6) is 5.75 Å². The van der Waals surface area contributed by atoms with E-state index in [1.54, 1.807) is 18.2 Å². The van der Waals surface area contributed by atoms with Gasteiger partial charge in [-0.3, -0.25) is 14.4 Å². The van der Waals surface area contributed by atoms with Crippen molar-refractivity contribution in [2.24, 2.45) is 5.92 Å². The lowest BCUT2D eigenvalue weighted by Gasteiger charge is -2.21. The lowest BCUT2D eigenvalue weighted by Crippen LogP contribution is -2.19. The second-order valence-corrected chi connectivity index (χ2v) is 6.51.